The maximum absolute atomic E-state index is 12.3. The van der Waals surface area contributed by atoms with Crippen LogP contribution in [-0.4, -0.2) is 45.2 Å². The van der Waals surface area contributed by atoms with Gasteiger partial charge in [0.2, 0.25) is 0 Å². The zero-order chi connectivity index (χ0) is 17.4. The molecule has 0 aliphatic carbocycles. The van der Waals surface area contributed by atoms with Gasteiger partial charge in [0.15, 0.2) is 0 Å². The number of nitrogens with one attached hydrogen (secondary N) is 1. The van der Waals surface area contributed by atoms with Gasteiger partial charge in [-0.15, -0.1) is 0 Å². The molecule has 5 nitrogen and oxygen atoms in total. The number of anilines is 2. The molecule has 0 aromatic heterocycles. The molecule has 24 heavy (non-hydrogen) atoms. The topological polar surface area (TPSA) is 44.8 Å². The highest BCUT2D eigenvalue weighted by molar-refractivity contribution is 5.93. The molecule has 0 aliphatic rings. The normalized spacial score (nSPS) is 10.1. The molecule has 0 bridgehead atoms. The van der Waals surface area contributed by atoms with Gasteiger partial charge in [-0.1, -0.05) is 30.3 Å². The molecule has 128 valence electrons. The van der Waals surface area contributed by atoms with E-state index in [2.05, 4.69) is 5.32 Å². The summed E-state index contributed by atoms with van der Waals surface area (Å²) >= 11 is 0. The molecule has 0 atom stereocenters. The number of carbonyl (C=O) groups is 1. The number of hydrogen-bond donors (Lipinski definition) is 1. The third-order valence-electron chi connectivity index (χ3n) is 3.62. The fourth-order valence-electron chi connectivity index (χ4n) is 2.29. The van der Waals surface area contributed by atoms with Gasteiger partial charge in [0.05, 0.1) is 18.0 Å². The molecule has 2 rings (SSSR count). The van der Waals surface area contributed by atoms with Crippen LogP contribution in [-0.2, 0) is 0 Å². The number of ether oxygens (including phenoxy) is 1. The molecule has 0 spiro atoms. The molecule has 0 aliphatic heterocycles. The lowest BCUT2D eigenvalue weighted by atomic mass is 10.2. The van der Waals surface area contributed by atoms with Gasteiger partial charge < -0.3 is 19.9 Å². The number of carbonyl (C=O) groups excluding carboxylic acids is 1. The SMILES string of the molecule is CN(CCCOc1ccccc1)C(=O)Nc1ccccc1N(C)C. The van der Waals surface area contributed by atoms with Crippen LogP contribution in [0.4, 0.5) is 16.2 Å². The van der Waals surface area contributed by atoms with Gasteiger partial charge in [-0.25, -0.2) is 4.79 Å². The van der Waals surface area contributed by atoms with Crippen molar-refractivity contribution in [1.82, 2.24) is 4.90 Å². The van der Waals surface area contributed by atoms with Crippen LogP contribution in [0.5, 0.6) is 5.75 Å². The number of benzene rings is 2. The second-order valence-electron chi connectivity index (χ2n) is 5.78. The maximum atomic E-state index is 12.3. The van der Waals surface area contributed by atoms with Crippen LogP contribution in [0, 0.1) is 0 Å². The first-order valence-corrected chi connectivity index (χ1v) is 8.04. The summed E-state index contributed by atoms with van der Waals surface area (Å²) in [6.45, 7) is 1.21. The minimum Gasteiger partial charge on any atom is -0.494 e. The fourth-order valence-corrected chi connectivity index (χ4v) is 2.29. The molecule has 0 saturated carbocycles. The third kappa shape index (κ3) is 5.19. The Morgan fingerprint density at radius 2 is 1.67 bits per heavy atom. The number of nitrogens with zero attached hydrogens (tertiary/aromatic N) is 2. The van der Waals surface area contributed by atoms with Crippen molar-refractivity contribution in [3.05, 3.63) is 54.6 Å². The zero-order valence-electron chi connectivity index (χ0n) is 14.5. The predicted molar refractivity (Wildman–Crippen MR) is 99.0 cm³/mol. The minimum absolute atomic E-state index is 0.121. The van der Waals surface area contributed by atoms with Crippen LogP contribution in [0.3, 0.4) is 0 Å². The Hall–Kier alpha value is -2.69. The van der Waals surface area contributed by atoms with Crippen LogP contribution in [0.1, 0.15) is 6.42 Å². The molecule has 2 amide bonds. The fraction of sp³-hybridized carbons (Fsp3) is 0.316. The van der Waals surface area contributed by atoms with E-state index in [4.69, 9.17) is 4.74 Å². The lowest BCUT2D eigenvalue weighted by Crippen LogP contribution is -2.33. The lowest BCUT2D eigenvalue weighted by molar-refractivity contribution is 0.216. The monoisotopic (exact) mass is 327 g/mol. The van der Waals surface area contributed by atoms with E-state index in [1.165, 1.54) is 0 Å². The number of hydrogen-bond acceptors (Lipinski definition) is 3. The summed E-state index contributed by atoms with van der Waals surface area (Å²) in [4.78, 5) is 15.9. The van der Waals surface area contributed by atoms with E-state index in [0.717, 1.165) is 23.5 Å². The van der Waals surface area contributed by atoms with Crippen LogP contribution in [0.2, 0.25) is 0 Å². The summed E-state index contributed by atoms with van der Waals surface area (Å²) in [5.41, 5.74) is 1.78. The molecule has 0 saturated heterocycles. The van der Waals surface area contributed by atoms with Crippen LogP contribution >= 0.6 is 0 Å². The molecule has 1 N–H and O–H groups in total. The van der Waals surface area contributed by atoms with Gasteiger partial charge in [0, 0.05) is 27.7 Å². The van der Waals surface area contributed by atoms with Crippen molar-refractivity contribution in [1.29, 1.82) is 0 Å². The molecule has 5 heteroatoms. The Morgan fingerprint density at radius 1 is 1.00 bits per heavy atom. The summed E-state index contributed by atoms with van der Waals surface area (Å²) in [7, 11) is 5.70. The summed E-state index contributed by atoms with van der Waals surface area (Å²) in [5, 5.41) is 2.95. The molecule has 2 aromatic carbocycles. The molecule has 0 heterocycles. The summed E-state index contributed by atoms with van der Waals surface area (Å²) in [5.74, 6) is 0.851. The molecule has 0 radical (unpaired) electrons. The van der Waals surface area contributed by atoms with Crippen molar-refractivity contribution in [2.45, 2.75) is 6.42 Å². The zero-order valence-corrected chi connectivity index (χ0v) is 14.5. The van der Waals surface area contributed by atoms with Crippen LogP contribution in [0.15, 0.2) is 54.6 Å². The quantitative estimate of drug-likeness (QED) is 0.789. The molecule has 0 unspecified atom stereocenters. The van der Waals surface area contributed by atoms with Crippen molar-refractivity contribution in [2.24, 2.45) is 0 Å². The van der Waals surface area contributed by atoms with Gasteiger partial charge in [0.1, 0.15) is 5.75 Å². The molecular weight excluding hydrogens is 302 g/mol. The van der Waals surface area contributed by atoms with Crippen molar-refractivity contribution >= 4 is 17.4 Å². The number of para-hydroxylation sites is 3. The van der Waals surface area contributed by atoms with E-state index in [0.29, 0.717) is 13.2 Å². The Bertz CT molecular complexity index is 644. The van der Waals surface area contributed by atoms with E-state index in [1.807, 2.05) is 73.6 Å². The minimum atomic E-state index is -0.121. The van der Waals surface area contributed by atoms with Crippen molar-refractivity contribution < 1.29 is 9.53 Å². The first-order valence-electron chi connectivity index (χ1n) is 8.04. The van der Waals surface area contributed by atoms with Gasteiger partial charge in [-0.2, -0.15) is 0 Å². The second-order valence-corrected chi connectivity index (χ2v) is 5.78. The van der Waals surface area contributed by atoms with Gasteiger partial charge in [-0.05, 0) is 30.7 Å². The largest absolute Gasteiger partial charge is 0.494 e. The van der Waals surface area contributed by atoms with E-state index in [-0.39, 0.29) is 6.03 Å². The van der Waals surface area contributed by atoms with Crippen LogP contribution in [0.25, 0.3) is 0 Å². The third-order valence-corrected chi connectivity index (χ3v) is 3.62. The molecule has 0 fully saturated rings. The standard InChI is InChI=1S/C19H25N3O2/c1-21(2)18-13-8-7-12-17(18)20-19(23)22(3)14-9-15-24-16-10-5-4-6-11-16/h4-8,10-13H,9,14-15H2,1-3H3,(H,20,23). The summed E-state index contributed by atoms with van der Waals surface area (Å²) < 4.78 is 5.64. The highest BCUT2D eigenvalue weighted by Gasteiger charge is 2.11. The Morgan fingerprint density at radius 3 is 2.38 bits per heavy atom. The van der Waals surface area contributed by atoms with Gasteiger partial charge in [0.25, 0.3) is 0 Å². The first-order chi connectivity index (χ1) is 11.6. The first kappa shape index (κ1) is 17.7. The Kier molecular flexibility index (Phi) is 6.49. The van der Waals surface area contributed by atoms with Crippen molar-refractivity contribution in [3.63, 3.8) is 0 Å². The average molecular weight is 327 g/mol. The highest BCUT2D eigenvalue weighted by atomic mass is 16.5. The number of amides is 2. The number of rotatable bonds is 7. The Balaban J connectivity index is 1.78. The summed E-state index contributed by atoms with van der Waals surface area (Å²) in [6, 6.07) is 17.3. The van der Waals surface area contributed by atoms with Gasteiger partial charge >= 0.3 is 6.03 Å². The van der Waals surface area contributed by atoms with E-state index < -0.39 is 0 Å². The maximum Gasteiger partial charge on any atom is 0.321 e. The second kappa shape index (κ2) is 8.82. The lowest BCUT2D eigenvalue weighted by Gasteiger charge is -2.21. The molecule has 2 aromatic rings. The Labute approximate surface area is 143 Å². The van der Waals surface area contributed by atoms with Gasteiger partial charge in [-0.3, -0.25) is 0 Å². The van der Waals surface area contributed by atoms with E-state index >= 15 is 0 Å². The smallest absolute Gasteiger partial charge is 0.321 e. The predicted octanol–water partition coefficient (Wildman–Crippen LogP) is 3.69. The summed E-state index contributed by atoms with van der Waals surface area (Å²) in [6.07, 6.45) is 0.772. The van der Waals surface area contributed by atoms with Crippen LogP contribution < -0.4 is 15.0 Å². The highest BCUT2D eigenvalue weighted by Crippen LogP contribution is 2.23. The van der Waals surface area contributed by atoms with E-state index in [9.17, 15) is 4.79 Å². The van der Waals surface area contributed by atoms with Crippen molar-refractivity contribution in [3.8, 4) is 5.75 Å². The number of urea groups is 1. The van der Waals surface area contributed by atoms with Crippen molar-refractivity contribution in [2.75, 3.05) is 44.5 Å². The average Bonchev–Trinajstić information content (AvgIpc) is 2.59. The molecular formula is C19H25N3O2. The van der Waals surface area contributed by atoms with E-state index in [1.54, 1.807) is 11.9 Å².